The average Bonchev–Trinajstić information content (AvgIpc) is 2.39. The van der Waals surface area contributed by atoms with Crippen molar-refractivity contribution >= 4 is 0 Å². The number of aryl methyl sites for hydroxylation is 1. The van der Waals surface area contributed by atoms with E-state index in [-0.39, 0.29) is 6.61 Å². The van der Waals surface area contributed by atoms with Crippen molar-refractivity contribution in [2.45, 2.75) is 20.0 Å². The smallest absolute Gasteiger partial charge is 0.127 e. The van der Waals surface area contributed by atoms with E-state index in [1.807, 2.05) is 25.1 Å². The molecule has 1 aromatic carbocycles. The van der Waals surface area contributed by atoms with Crippen molar-refractivity contribution in [2.75, 3.05) is 33.5 Å². The summed E-state index contributed by atoms with van der Waals surface area (Å²) in [5.74, 6) is 0.789. The molecule has 1 aromatic rings. The lowest BCUT2D eigenvalue weighted by atomic mass is 10.1. The molecule has 0 aromatic heterocycles. The molecule has 4 nitrogen and oxygen atoms in total. The zero-order valence-electron chi connectivity index (χ0n) is 11.1. The normalized spacial score (nSPS) is 10.6. The van der Waals surface area contributed by atoms with Crippen LogP contribution in [0.15, 0.2) is 18.2 Å². The zero-order chi connectivity index (χ0) is 13.2. The molecule has 0 spiro atoms. The van der Waals surface area contributed by atoms with Crippen molar-refractivity contribution in [1.82, 2.24) is 0 Å². The van der Waals surface area contributed by atoms with Gasteiger partial charge in [0.2, 0.25) is 0 Å². The van der Waals surface area contributed by atoms with Crippen molar-refractivity contribution in [2.24, 2.45) is 0 Å². The molecule has 1 rings (SSSR count). The van der Waals surface area contributed by atoms with Crippen LogP contribution in [-0.2, 0) is 16.1 Å². The second-order valence-corrected chi connectivity index (χ2v) is 4.03. The Bertz CT molecular complexity index is 339. The van der Waals surface area contributed by atoms with E-state index in [1.165, 1.54) is 0 Å². The van der Waals surface area contributed by atoms with Crippen LogP contribution in [0.25, 0.3) is 0 Å². The van der Waals surface area contributed by atoms with Crippen LogP contribution in [0.4, 0.5) is 0 Å². The summed E-state index contributed by atoms with van der Waals surface area (Å²) in [6.45, 7) is 4.45. The molecular formula is C14H22O4. The van der Waals surface area contributed by atoms with Crippen molar-refractivity contribution in [1.29, 1.82) is 0 Å². The second kappa shape index (κ2) is 8.91. The number of benzene rings is 1. The fourth-order valence-electron chi connectivity index (χ4n) is 1.62. The Kier molecular flexibility index (Phi) is 7.41. The fraction of sp³-hybridized carbons (Fsp3) is 0.571. The van der Waals surface area contributed by atoms with Crippen molar-refractivity contribution in [3.05, 3.63) is 29.3 Å². The predicted molar refractivity (Wildman–Crippen MR) is 69.9 cm³/mol. The van der Waals surface area contributed by atoms with E-state index in [2.05, 4.69) is 0 Å². The number of ether oxygens (including phenoxy) is 3. The molecule has 0 aliphatic rings. The van der Waals surface area contributed by atoms with Gasteiger partial charge in [0.05, 0.1) is 26.4 Å². The molecular weight excluding hydrogens is 232 g/mol. The minimum absolute atomic E-state index is 0.00134. The van der Waals surface area contributed by atoms with Gasteiger partial charge in [0.1, 0.15) is 5.75 Å². The molecule has 0 saturated heterocycles. The van der Waals surface area contributed by atoms with Gasteiger partial charge < -0.3 is 19.3 Å². The zero-order valence-corrected chi connectivity index (χ0v) is 11.1. The second-order valence-electron chi connectivity index (χ2n) is 4.03. The molecule has 0 fully saturated rings. The molecule has 0 amide bonds. The van der Waals surface area contributed by atoms with Crippen LogP contribution in [-0.4, -0.2) is 38.6 Å². The highest BCUT2D eigenvalue weighted by Gasteiger charge is 2.05. The maximum atomic E-state index is 9.22. The molecule has 0 radical (unpaired) electrons. The van der Waals surface area contributed by atoms with Gasteiger partial charge in [-0.15, -0.1) is 0 Å². The molecule has 0 aliphatic carbocycles. The van der Waals surface area contributed by atoms with E-state index >= 15 is 0 Å². The van der Waals surface area contributed by atoms with Crippen LogP contribution in [0, 0.1) is 6.92 Å². The van der Waals surface area contributed by atoms with Gasteiger partial charge in [0, 0.05) is 25.7 Å². The lowest BCUT2D eigenvalue weighted by molar-refractivity contribution is 0.0643. The van der Waals surface area contributed by atoms with Crippen LogP contribution < -0.4 is 4.74 Å². The number of methoxy groups -OCH3 is 1. The van der Waals surface area contributed by atoms with Crippen LogP contribution >= 0.6 is 0 Å². The number of aliphatic hydroxyl groups is 1. The SMILES string of the molecule is COCCOCCCOc1c(C)cccc1CO. The van der Waals surface area contributed by atoms with E-state index in [0.717, 1.165) is 23.3 Å². The van der Waals surface area contributed by atoms with Gasteiger partial charge in [0.15, 0.2) is 0 Å². The lowest BCUT2D eigenvalue weighted by Gasteiger charge is -2.12. The fourth-order valence-corrected chi connectivity index (χ4v) is 1.62. The molecule has 18 heavy (non-hydrogen) atoms. The van der Waals surface area contributed by atoms with E-state index in [1.54, 1.807) is 7.11 Å². The van der Waals surface area contributed by atoms with Gasteiger partial charge in [-0.3, -0.25) is 0 Å². The van der Waals surface area contributed by atoms with E-state index in [4.69, 9.17) is 14.2 Å². The topological polar surface area (TPSA) is 47.9 Å². The first kappa shape index (κ1) is 15.0. The highest BCUT2D eigenvalue weighted by Crippen LogP contribution is 2.23. The van der Waals surface area contributed by atoms with E-state index in [0.29, 0.717) is 26.4 Å². The molecule has 0 unspecified atom stereocenters. The van der Waals surface area contributed by atoms with Crippen molar-refractivity contribution in [3.63, 3.8) is 0 Å². The average molecular weight is 254 g/mol. The van der Waals surface area contributed by atoms with Gasteiger partial charge in [-0.1, -0.05) is 18.2 Å². The Hall–Kier alpha value is -1.10. The minimum Gasteiger partial charge on any atom is -0.493 e. The number of hydrogen-bond donors (Lipinski definition) is 1. The first-order chi connectivity index (χ1) is 8.79. The predicted octanol–water partition coefficient (Wildman–Crippen LogP) is 1.92. The van der Waals surface area contributed by atoms with Gasteiger partial charge in [-0.25, -0.2) is 0 Å². The molecule has 0 atom stereocenters. The number of aliphatic hydroxyl groups excluding tert-OH is 1. The Balaban J connectivity index is 2.26. The highest BCUT2D eigenvalue weighted by molar-refractivity contribution is 5.40. The van der Waals surface area contributed by atoms with Gasteiger partial charge in [-0.05, 0) is 12.5 Å². The minimum atomic E-state index is 0.00134. The summed E-state index contributed by atoms with van der Waals surface area (Å²) in [5.41, 5.74) is 1.87. The summed E-state index contributed by atoms with van der Waals surface area (Å²) in [6.07, 6.45) is 0.822. The van der Waals surface area contributed by atoms with Gasteiger partial charge >= 0.3 is 0 Å². The lowest BCUT2D eigenvalue weighted by Crippen LogP contribution is -2.08. The van der Waals surface area contributed by atoms with E-state index < -0.39 is 0 Å². The van der Waals surface area contributed by atoms with Gasteiger partial charge in [-0.2, -0.15) is 0 Å². The van der Waals surface area contributed by atoms with Crippen LogP contribution in [0.5, 0.6) is 5.75 Å². The summed E-state index contributed by atoms with van der Waals surface area (Å²) in [4.78, 5) is 0. The maximum absolute atomic E-state index is 9.22. The van der Waals surface area contributed by atoms with Crippen LogP contribution in [0.3, 0.4) is 0 Å². The monoisotopic (exact) mass is 254 g/mol. The molecule has 0 heterocycles. The Morgan fingerprint density at radius 3 is 2.67 bits per heavy atom. The molecule has 0 bridgehead atoms. The molecule has 102 valence electrons. The summed E-state index contributed by atoms with van der Waals surface area (Å²) >= 11 is 0. The Morgan fingerprint density at radius 2 is 1.94 bits per heavy atom. The Labute approximate surface area is 108 Å². The quantitative estimate of drug-likeness (QED) is 0.684. The highest BCUT2D eigenvalue weighted by atomic mass is 16.5. The summed E-state index contributed by atoms with van der Waals surface area (Å²) in [5, 5.41) is 9.22. The molecule has 0 saturated carbocycles. The van der Waals surface area contributed by atoms with Gasteiger partial charge in [0.25, 0.3) is 0 Å². The first-order valence-corrected chi connectivity index (χ1v) is 6.18. The number of rotatable bonds is 9. The summed E-state index contributed by atoms with van der Waals surface area (Å²) in [6, 6.07) is 5.77. The maximum Gasteiger partial charge on any atom is 0.127 e. The van der Waals surface area contributed by atoms with Crippen LogP contribution in [0.1, 0.15) is 17.5 Å². The van der Waals surface area contributed by atoms with E-state index in [9.17, 15) is 5.11 Å². The van der Waals surface area contributed by atoms with Crippen LogP contribution in [0.2, 0.25) is 0 Å². The summed E-state index contributed by atoms with van der Waals surface area (Å²) < 4.78 is 15.9. The first-order valence-electron chi connectivity index (χ1n) is 6.18. The standard InChI is InChI=1S/C14H22O4/c1-12-5-3-6-13(11-15)14(12)18-8-4-7-17-10-9-16-2/h3,5-6,15H,4,7-11H2,1-2H3. The summed E-state index contributed by atoms with van der Waals surface area (Å²) in [7, 11) is 1.65. The molecule has 4 heteroatoms. The number of para-hydroxylation sites is 1. The molecule has 1 N–H and O–H groups in total. The van der Waals surface area contributed by atoms with Crippen molar-refractivity contribution in [3.8, 4) is 5.75 Å². The molecule has 0 aliphatic heterocycles. The third kappa shape index (κ3) is 5.04. The van der Waals surface area contributed by atoms with Crippen molar-refractivity contribution < 1.29 is 19.3 Å². The number of hydrogen-bond acceptors (Lipinski definition) is 4. The third-order valence-corrected chi connectivity index (χ3v) is 2.57. The largest absolute Gasteiger partial charge is 0.493 e. The Morgan fingerprint density at radius 1 is 1.11 bits per heavy atom. The third-order valence-electron chi connectivity index (χ3n) is 2.57.